The van der Waals surface area contributed by atoms with E-state index in [0.717, 1.165) is 17.2 Å². The van der Waals surface area contributed by atoms with Gasteiger partial charge in [-0.2, -0.15) is 13.2 Å². The summed E-state index contributed by atoms with van der Waals surface area (Å²) in [5, 5.41) is 9.11. The summed E-state index contributed by atoms with van der Waals surface area (Å²) >= 11 is 2.92. The molecule has 0 aliphatic heterocycles. The lowest BCUT2D eigenvalue weighted by Gasteiger charge is -2.12. The van der Waals surface area contributed by atoms with E-state index in [1.54, 1.807) is 24.3 Å². The van der Waals surface area contributed by atoms with Crippen LogP contribution in [0.1, 0.15) is 16.7 Å². The minimum absolute atomic E-state index is 0.0254. The third kappa shape index (κ3) is 3.04. The van der Waals surface area contributed by atoms with Gasteiger partial charge in [0, 0.05) is 4.47 Å². The summed E-state index contributed by atoms with van der Waals surface area (Å²) in [6.45, 7) is 1.73. The molecule has 2 aromatic carbocycles. The van der Waals surface area contributed by atoms with Crippen LogP contribution < -0.4 is 0 Å². The third-order valence-corrected chi connectivity index (χ3v) is 3.81. The van der Waals surface area contributed by atoms with E-state index in [2.05, 4.69) is 15.9 Å². The van der Waals surface area contributed by atoms with Crippen molar-refractivity contribution < 1.29 is 18.3 Å². The fourth-order valence-electron chi connectivity index (χ4n) is 1.97. The molecule has 0 spiro atoms. The van der Waals surface area contributed by atoms with E-state index in [9.17, 15) is 13.2 Å². The summed E-state index contributed by atoms with van der Waals surface area (Å²) in [7, 11) is 0. The molecule has 20 heavy (non-hydrogen) atoms. The van der Waals surface area contributed by atoms with Crippen molar-refractivity contribution >= 4 is 15.9 Å². The van der Waals surface area contributed by atoms with Crippen molar-refractivity contribution in [1.82, 2.24) is 0 Å². The number of aryl methyl sites for hydroxylation is 1. The lowest BCUT2D eigenvalue weighted by atomic mass is 9.98. The van der Waals surface area contributed by atoms with Crippen LogP contribution in [-0.2, 0) is 12.8 Å². The summed E-state index contributed by atoms with van der Waals surface area (Å²) < 4.78 is 38.7. The summed E-state index contributed by atoms with van der Waals surface area (Å²) in [5.74, 6) is 0. The summed E-state index contributed by atoms with van der Waals surface area (Å²) in [4.78, 5) is 0. The molecule has 0 atom stereocenters. The average Bonchev–Trinajstić information content (AvgIpc) is 2.37. The van der Waals surface area contributed by atoms with Gasteiger partial charge in [0.1, 0.15) is 0 Å². The van der Waals surface area contributed by atoms with Gasteiger partial charge in [-0.15, -0.1) is 0 Å². The van der Waals surface area contributed by atoms with Gasteiger partial charge in [0.05, 0.1) is 12.2 Å². The van der Waals surface area contributed by atoms with Gasteiger partial charge in [0.2, 0.25) is 0 Å². The summed E-state index contributed by atoms with van der Waals surface area (Å²) in [6.07, 6.45) is -4.39. The Morgan fingerprint density at radius 2 is 1.65 bits per heavy atom. The fourth-order valence-corrected chi connectivity index (χ4v) is 2.45. The molecular formula is C15H12BrF3O. The second-order valence-corrected chi connectivity index (χ2v) is 5.35. The number of alkyl halides is 3. The highest BCUT2D eigenvalue weighted by Gasteiger charge is 2.33. The largest absolute Gasteiger partial charge is 0.417 e. The van der Waals surface area contributed by atoms with Crippen LogP contribution in [0.4, 0.5) is 13.2 Å². The standard InChI is InChI=1S/C15H12BrF3O/c1-9-6-10(2-3-12(9)8-20)11-4-5-14(16)13(7-11)15(17,18)19/h2-7,20H,8H2,1H3. The van der Waals surface area contributed by atoms with Gasteiger partial charge in [-0.25, -0.2) is 0 Å². The van der Waals surface area contributed by atoms with Crippen molar-refractivity contribution in [2.24, 2.45) is 0 Å². The second-order valence-electron chi connectivity index (χ2n) is 4.49. The smallest absolute Gasteiger partial charge is 0.392 e. The molecule has 0 saturated carbocycles. The number of halogens is 4. The van der Waals surface area contributed by atoms with Gasteiger partial charge in [-0.1, -0.05) is 40.2 Å². The molecule has 1 nitrogen and oxygen atoms in total. The molecule has 2 aromatic rings. The number of rotatable bonds is 2. The molecule has 0 radical (unpaired) electrons. The van der Waals surface area contributed by atoms with Gasteiger partial charge in [0.25, 0.3) is 0 Å². The molecule has 0 bridgehead atoms. The Bertz CT molecular complexity index is 636. The highest BCUT2D eigenvalue weighted by Crippen LogP contribution is 2.37. The van der Waals surface area contributed by atoms with Gasteiger partial charge in [-0.3, -0.25) is 0 Å². The normalized spacial score (nSPS) is 11.7. The Balaban J connectivity index is 2.51. The van der Waals surface area contributed by atoms with E-state index in [0.29, 0.717) is 11.1 Å². The van der Waals surface area contributed by atoms with E-state index < -0.39 is 11.7 Å². The summed E-state index contributed by atoms with van der Waals surface area (Å²) in [6, 6.07) is 9.36. The third-order valence-electron chi connectivity index (χ3n) is 3.12. The maximum absolute atomic E-state index is 12.9. The molecule has 2 rings (SSSR count). The molecule has 0 saturated heterocycles. The molecule has 106 valence electrons. The predicted octanol–water partition coefficient (Wildman–Crippen LogP) is 4.94. The number of benzene rings is 2. The van der Waals surface area contributed by atoms with E-state index in [1.807, 2.05) is 6.92 Å². The SMILES string of the molecule is Cc1cc(-c2ccc(Br)c(C(F)(F)F)c2)ccc1CO. The first-order valence-corrected chi connectivity index (χ1v) is 6.69. The van der Waals surface area contributed by atoms with Crippen LogP contribution in [0, 0.1) is 6.92 Å². The van der Waals surface area contributed by atoms with E-state index in [-0.39, 0.29) is 11.1 Å². The molecule has 0 fully saturated rings. The first-order chi connectivity index (χ1) is 9.32. The van der Waals surface area contributed by atoms with Crippen LogP contribution in [0.25, 0.3) is 11.1 Å². The molecular weight excluding hydrogens is 333 g/mol. The predicted molar refractivity (Wildman–Crippen MR) is 75.2 cm³/mol. The lowest BCUT2D eigenvalue weighted by Crippen LogP contribution is -2.06. The number of hydrogen-bond donors (Lipinski definition) is 1. The Morgan fingerprint density at radius 1 is 1.05 bits per heavy atom. The second kappa shape index (κ2) is 5.58. The van der Waals surface area contributed by atoms with Crippen LogP contribution in [-0.4, -0.2) is 5.11 Å². The lowest BCUT2D eigenvalue weighted by molar-refractivity contribution is -0.138. The molecule has 1 N–H and O–H groups in total. The Labute approximate surface area is 123 Å². The Hall–Kier alpha value is -1.33. The summed E-state index contributed by atoms with van der Waals surface area (Å²) in [5.41, 5.74) is 2.10. The van der Waals surface area contributed by atoms with E-state index in [1.165, 1.54) is 6.07 Å². The van der Waals surface area contributed by atoms with Crippen LogP contribution in [0.3, 0.4) is 0 Å². The number of aliphatic hydroxyl groups excluding tert-OH is 1. The molecule has 0 aliphatic carbocycles. The van der Waals surface area contributed by atoms with Crippen LogP contribution in [0.5, 0.6) is 0 Å². The Kier molecular flexibility index (Phi) is 4.20. The van der Waals surface area contributed by atoms with E-state index in [4.69, 9.17) is 5.11 Å². The Morgan fingerprint density at radius 3 is 2.20 bits per heavy atom. The van der Waals surface area contributed by atoms with Gasteiger partial charge in [-0.05, 0) is 41.3 Å². The van der Waals surface area contributed by atoms with Gasteiger partial charge < -0.3 is 5.11 Å². The highest BCUT2D eigenvalue weighted by atomic mass is 79.9. The van der Waals surface area contributed by atoms with Crippen molar-refractivity contribution in [2.45, 2.75) is 19.7 Å². The molecule has 0 aliphatic rings. The van der Waals surface area contributed by atoms with Gasteiger partial charge in [0.15, 0.2) is 0 Å². The molecule has 5 heteroatoms. The van der Waals surface area contributed by atoms with Crippen molar-refractivity contribution in [3.8, 4) is 11.1 Å². The quantitative estimate of drug-likeness (QED) is 0.818. The minimum atomic E-state index is -4.39. The van der Waals surface area contributed by atoms with Crippen LogP contribution in [0.15, 0.2) is 40.9 Å². The molecule has 0 amide bonds. The zero-order chi connectivity index (χ0) is 14.9. The number of hydrogen-bond acceptors (Lipinski definition) is 1. The van der Waals surface area contributed by atoms with Crippen molar-refractivity contribution in [2.75, 3.05) is 0 Å². The maximum atomic E-state index is 12.9. The van der Waals surface area contributed by atoms with E-state index >= 15 is 0 Å². The topological polar surface area (TPSA) is 20.2 Å². The fraction of sp³-hybridized carbons (Fsp3) is 0.200. The van der Waals surface area contributed by atoms with Crippen LogP contribution in [0.2, 0.25) is 0 Å². The minimum Gasteiger partial charge on any atom is -0.392 e. The molecule has 0 heterocycles. The van der Waals surface area contributed by atoms with Gasteiger partial charge >= 0.3 is 6.18 Å². The zero-order valence-electron chi connectivity index (χ0n) is 10.6. The van der Waals surface area contributed by atoms with Crippen molar-refractivity contribution in [1.29, 1.82) is 0 Å². The molecule has 0 aromatic heterocycles. The van der Waals surface area contributed by atoms with Crippen LogP contribution >= 0.6 is 15.9 Å². The number of aliphatic hydroxyl groups is 1. The highest BCUT2D eigenvalue weighted by molar-refractivity contribution is 9.10. The first kappa shape index (κ1) is 15.1. The molecule has 0 unspecified atom stereocenters. The van der Waals surface area contributed by atoms with Crippen molar-refractivity contribution in [3.63, 3.8) is 0 Å². The zero-order valence-corrected chi connectivity index (χ0v) is 12.2. The first-order valence-electron chi connectivity index (χ1n) is 5.90. The van der Waals surface area contributed by atoms with Crippen molar-refractivity contribution in [3.05, 3.63) is 57.6 Å². The maximum Gasteiger partial charge on any atom is 0.417 e. The monoisotopic (exact) mass is 344 g/mol. The average molecular weight is 345 g/mol.